The summed E-state index contributed by atoms with van der Waals surface area (Å²) in [6.45, 7) is 4.24. The molecule has 0 aromatic heterocycles. The molecule has 2 fully saturated rings. The number of nitrogens with one attached hydrogen (secondary N) is 1. The number of urea groups is 1. The van der Waals surface area contributed by atoms with E-state index >= 15 is 0 Å². The van der Waals surface area contributed by atoms with Crippen molar-refractivity contribution in [1.82, 2.24) is 14.5 Å². The predicted molar refractivity (Wildman–Crippen MR) is 103 cm³/mol. The summed E-state index contributed by atoms with van der Waals surface area (Å²) in [7, 11) is -3.35. The molecule has 9 nitrogen and oxygen atoms in total. The molecule has 28 heavy (non-hydrogen) atoms. The number of anilines is 1. The molecule has 0 aliphatic carbocycles. The first-order valence-corrected chi connectivity index (χ1v) is 10.7. The molecule has 0 spiro atoms. The van der Waals surface area contributed by atoms with Crippen LogP contribution < -0.4 is 10.2 Å². The molecule has 2 aliphatic heterocycles. The molecule has 0 bridgehead atoms. The van der Waals surface area contributed by atoms with Crippen LogP contribution in [-0.4, -0.2) is 72.9 Å². The SMILES string of the molecule is CC(C)S(=O)(=O)N1CCN(C(=O)C[C@@H]2NC(=O)N(c3ccccc3)C2=O)CC1. The van der Waals surface area contributed by atoms with Gasteiger partial charge in [-0.25, -0.2) is 18.1 Å². The third kappa shape index (κ3) is 3.88. The van der Waals surface area contributed by atoms with Crippen LogP contribution in [0.5, 0.6) is 0 Å². The summed E-state index contributed by atoms with van der Waals surface area (Å²) in [5, 5.41) is 2.04. The normalized spacial score (nSPS) is 21.3. The molecule has 152 valence electrons. The first-order valence-electron chi connectivity index (χ1n) is 9.18. The molecule has 1 N–H and O–H groups in total. The van der Waals surface area contributed by atoms with E-state index < -0.39 is 33.3 Å². The van der Waals surface area contributed by atoms with Gasteiger partial charge >= 0.3 is 6.03 Å². The van der Waals surface area contributed by atoms with Crippen molar-refractivity contribution in [3.63, 3.8) is 0 Å². The molecule has 2 aliphatic rings. The summed E-state index contributed by atoms with van der Waals surface area (Å²) in [6.07, 6.45) is -0.148. The largest absolute Gasteiger partial charge is 0.340 e. The fourth-order valence-electron chi connectivity index (χ4n) is 3.28. The van der Waals surface area contributed by atoms with Gasteiger partial charge in [0.2, 0.25) is 15.9 Å². The van der Waals surface area contributed by atoms with E-state index in [0.29, 0.717) is 5.69 Å². The van der Waals surface area contributed by atoms with E-state index in [1.807, 2.05) is 0 Å². The second kappa shape index (κ2) is 7.88. The lowest BCUT2D eigenvalue weighted by Gasteiger charge is -2.35. The smallest absolute Gasteiger partial charge is 0.329 e. The maximum absolute atomic E-state index is 12.6. The molecule has 1 aromatic rings. The zero-order chi connectivity index (χ0) is 20.5. The zero-order valence-corrected chi connectivity index (χ0v) is 16.7. The van der Waals surface area contributed by atoms with E-state index in [9.17, 15) is 22.8 Å². The molecule has 2 heterocycles. The number of piperazine rings is 1. The van der Waals surface area contributed by atoms with Crippen molar-refractivity contribution in [3.8, 4) is 0 Å². The van der Waals surface area contributed by atoms with Crippen molar-refractivity contribution in [2.45, 2.75) is 31.6 Å². The van der Waals surface area contributed by atoms with Crippen LogP contribution in [0.15, 0.2) is 30.3 Å². The number of para-hydroxylation sites is 1. The van der Waals surface area contributed by atoms with Gasteiger partial charge in [-0.3, -0.25) is 9.59 Å². The Labute approximate surface area is 164 Å². The van der Waals surface area contributed by atoms with E-state index in [4.69, 9.17) is 0 Å². The molecule has 0 unspecified atom stereocenters. The van der Waals surface area contributed by atoms with Crippen molar-refractivity contribution in [2.24, 2.45) is 0 Å². The Morgan fingerprint density at radius 3 is 2.29 bits per heavy atom. The number of rotatable bonds is 5. The Hall–Kier alpha value is -2.46. The Morgan fingerprint density at radius 2 is 1.71 bits per heavy atom. The van der Waals surface area contributed by atoms with E-state index in [1.165, 1.54) is 9.21 Å². The summed E-state index contributed by atoms with van der Waals surface area (Å²) in [5.41, 5.74) is 0.451. The number of benzene rings is 1. The zero-order valence-electron chi connectivity index (χ0n) is 15.9. The molecule has 2 saturated heterocycles. The lowest BCUT2D eigenvalue weighted by molar-refractivity contribution is -0.134. The Kier molecular flexibility index (Phi) is 5.71. The minimum Gasteiger partial charge on any atom is -0.340 e. The van der Waals surface area contributed by atoms with E-state index in [0.717, 1.165) is 4.90 Å². The Balaban J connectivity index is 1.59. The number of amides is 4. The number of imide groups is 1. The highest BCUT2D eigenvalue weighted by atomic mass is 32.2. The monoisotopic (exact) mass is 408 g/mol. The standard InChI is InChI=1S/C18H24N4O5S/c1-13(2)28(26,27)21-10-8-20(9-11-21)16(23)12-15-17(24)22(18(25)19-15)14-6-4-3-5-7-14/h3-7,13,15H,8-12H2,1-2H3,(H,19,25)/t15-/m0/s1. The number of carbonyl (C=O) groups is 3. The van der Waals surface area contributed by atoms with Crippen LogP contribution in [0.25, 0.3) is 0 Å². The van der Waals surface area contributed by atoms with Gasteiger partial charge in [0.05, 0.1) is 17.4 Å². The van der Waals surface area contributed by atoms with Crippen LogP contribution in [0.2, 0.25) is 0 Å². The number of hydrogen-bond donors (Lipinski definition) is 1. The number of nitrogens with zero attached hydrogens (tertiary/aromatic N) is 3. The minimum atomic E-state index is -3.35. The molecular formula is C18H24N4O5S. The summed E-state index contributed by atoms with van der Waals surface area (Å²) in [6, 6.07) is 7.05. The van der Waals surface area contributed by atoms with Crippen LogP contribution in [0.3, 0.4) is 0 Å². The molecule has 0 radical (unpaired) electrons. The van der Waals surface area contributed by atoms with E-state index in [1.54, 1.807) is 44.2 Å². The van der Waals surface area contributed by atoms with E-state index in [-0.39, 0.29) is 38.5 Å². The van der Waals surface area contributed by atoms with Crippen LogP contribution in [0, 0.1) is 0 Å². The van der Waals surface area contributed by atoms with Crippen LogP contribution >= 0.6 is 0 Å². The maximum atomic E-state index is 12.6. The lowest BCUT2D eigenvalue weighted by atomic mass is 10.1. The molecule has 3 rings (SSSR count). The highest BCUT2D eigenvalue weighted by Crippen LogP contribution is 2.21. The molecule has 0 saturated carbocycles. The van der Waals surface area contributed by atoms with Crippen LogP contribution in [-0.2, 0) is 19.6 Å². The van der Waals surface area contributed by atoms with Crippen molar-refractivity contribution in [3.05, 3.63) is 30.3 Å². The van der Waals surface area contributed by atoms with E-state index in [2.05, 4.69) is 5.32 Å². The molecular weight excluding hydrogens is 384 g/mol. The van der Waals surface area contributed by atoms with Gasteiger partial charge in [0, 0.05) is 26.2 Å². The maximum Gasteiger partial charge on any atom is 0.329 e. The summed E-state index contributed by atoms with van der Waals surface area (Å²) in [5.74, 6) is -0.749. The van der Waals surface area contributed by atoms with Crippen molar-refractivity contribution < 1.29 is 22.8 Å². The molecule has 1 aromatic carbocycles. The highest BCUT2D eigenvalue weighted by molar-refractivity contribution is 7.89. The number of carbonyl (C=O) groups excluding carboxylic acids is 3. The minimum absolute atomic E-state index is 0.148. The quantitative estimate of drug-likeness (QED) is 0.709. The van der Waals surface area contributed by atoms with Crippen LogP contribution in [0.1, 0.15) is 20.3 Å². The first-order chi connectivity index (χ1) is 13.2. The van der Waals surface area contributed by atoms with Gasteiger partial charge in [-0.1, -0.05) is 18.2 Å². The van der Waals surface area contributed by atoms with Gasteiger partial charge in [0.1, 0.15) is 6.04 Å². The number of sulfonamides is 1. The second-order valence-corrected chi connectivity index (χ2v) is 9.58. The van der Waals surface area contributed by atoms with Gasteiger partial charge in [-0.2, -0.15) is 4.31 Å². The third-order valence-corrected chi connectivity index (χ3v) is 7.24. The molecule has 1 atom stereocenters. The van der Waals surface area contributed by atoms with Gasteiger partial charge < -0.3 is 10.2 Å². The first kappa shape index (κ1) is 20.3. The fraction of sp³-hybridized carbons (Fsp3) is 0.500. The molecule has 10 heteroatoms. The second-order valence-electron chi connectivity index (χ2n) is 7.09. The van der Waals surface area contributed by atoms with Gasteiger partial charge in [-0.15, -0.1) is 0 Å². The Morgan fingerprint density at radius 1 is 1.11 bits per heavy atom. The summed E-state index contributed by atoms with van der Waals surface area (Å²) < 4.78 is 25.8. The van der Waals surface area contributed by atoms with Crippen molar-refractivity contribution in [2.75, 3.05) is 31.1 Å². The summed E-state index contributed by atoms with van der Waals surface area (Å²) in [4.78, 5) is 39.9. The average molecular weight is 408 g/mol. The topological polar surface area (TPSA) is 107 Å². The van der Waals surface area contributed by atoms with Gasteiger partial charge in [0.25, 0.3) is 5.91 Å². The van der Waals surface area contributed by atoms with Gasteiger partial charge in [0.15, 0.2) is 0 Å². The fourth-order valence-corrected chi connectivity index (χ4v) is 4.55. The predicted octanol–water partition coefficient (Wildman–Crippen LogP) is 0.384. The number of hydrogen-bond acceptors (Lipinski definition) is 5. The molecule has 4 amide bonds. The van der Waals surface area contributed by atoms with Crippen molar-refractivity contribution >= 4 is 33.6 Å². The average Bonchev–Trinajstić information content (AvgIpc) is 2.95. The van der Waals surface area contributed by atoms with Crippen LogP contribution in [0.4, 0.5) is 10.5 Å². The van der Waals surface area contributed by atoms with Gasteiger partial charge in [-0.05, 0) is 26.0 Å². The van der Waals surface area contributed by atoms with Crippen molar-refractivity contribution in [1.29, 1.82) is 0 Å². The highest BCUT2D eigenvalue weighted by Gasteiger charge is 2.41. The third-order valence-electron chi connectivity index (χ3n) is 4.96. The lowest BCUT2D eigenvalue weighted by Crippen LogP contribution is -2.52. The summed E-state index contributed by atoms with van der Waals surface area (Å²) >= 11 is 0. The Bertz CT molecular complexity index is 863.